The first kappa shape index (κ1) is 14.7. The summed E-state index contributed by atoms with van der Waals surface area (Å²) in [7, 11) is 0. The highest BCUT2D eigenvalue weighted by Gasteiger charge is 2.17. The van der Waals surface area contributed by atoms with E-state index in [1.807, 2.05) is 24.3 Å². The minimum atomic E-state index is -0.0396. The van der Waals surface area contributed by atoms with Crippen molar-refractivity contribution in [1.29, 1.82) is 0 Å². The second kappa shape index (κ2) is 7.75. The van der Waals surface area contributed by atoms with Crippen LogP contribution in [-0.2, 0) is 4.79 Å². The molecule has 4 N–H and O–H groups in total. The Labute approximate surface area is 119 Å². The van der Waals surface area contributed by atoms with Gasteiger partial charge < -0.3 is 21.1 Å². The lowest BCUT2D eigenvalue weighted by molar-refractivity contribution is -0.123. The van der Waals surface area contributed by atoms with Gasteiger partial charge in [0.2, 0.25) is 0 Å². The van der Waals surface area contributed by atoms with Gasteiger partial charge in [-0.25, -0.2) is 0 Å². The predicted octanol–water partition coefficient (Wildman–Crippen LogP) is 1.49. The van der Waals surface area contributed by atoms with Crippen LogP contribution in [0.4, 0.5) is 5.69 Å². The molecule has 1 amide bonds. The molecule has 0 atom stereocenters. The average molecular weight is 277 g/mol. The third-order valence-corrected chi connectivity index (χ3v) is 3.42. The van der Waals surface area contributed by atoms with E-state index in [4.69, 9.17) is 10.5 Å². The lowest BCUT2D eigenvalue weighted by Gasteiger charge is -2.12. The van der Waals surface area contributed by atoms with Crippen molar-refractivity contribution in [2.24, 2.45) is 5.73 Å². The van der Waals surface area contributed by atoms with E-state index in [-0.39, 0.29) is 12.5 Å². The van der Waals surface area contributed by atoms with E-state index in [0.717, 1.165) is 25.1 Å². The minimum absolute atomic E-state index is 0.0396. The second-order valence-electron chi connectivity index (χ2n) is 5.08. The maximum absolute atomic E-state index is 11.7. The largest absolute Gasteiger partial charge is 0.484 e. The van der Waals surface area contributed by atoms with E-state index in [1.165, 1.54) is 12.8 Å². The Balaban J connectivity index is 1.71. The molecule has 0 unspecified atom stereocenters. The number of benzene rings is 1. The van der Waals surface area contributed by atoms with Crippen LogP contribution in [0.3, 0.4) is 0 Å². The number of nitrogens with one attached hydrogen (secondary N) is 2. The highest BCUT2D eigenvalue weighted by atomic mass is 16.5. The number of carbonyl (C=O) groups is 1. The van der Waals surface area contributed by atoms with Crippen molar-refractivity contribution in [2.75, 3.05) is 25.0 Å². The monoisotopic (exact) mass is 277 g/mol. The maximum atomic E-state index is 11.7. The van der Waals surface area contributed by atoms with Gasteiger partial charge in [-0.3, -0.25) is 4.79 Å². The molecule has 1 aliphatic rings. The third-order valence-electron chi connectivity index (χ3n) is 3.42. The Morgan fingerprint density at radius 1 is 1.25 bits per heavy atom. The Hall–Kier alpha value is -1.75. The Morgan fingerprint density at radius 2 is 1.95 bits per heavy atom. The van der Waals surface area contributed by atoms with Gasteiger partial charge in [-0.1, -0.05) is 12.8 Å². The summed E-state index contributed by atoms with van der Waals surface area (Å²) in [5.74, 6) is 0.659. The summed E-state index contributed by atoms with van der Waals surface area (Å²) in [6.45, 7) is 1.41. The standard InChI is InChI=1S/C15H23N3O2/c16-9-10-17-12-5-7-14(8-6-12)20-11-15(19)18-13-3-1-2-4-13/h5-8,13,17H,1-4,9-11,16H2,(H,18,19). The van der Waals surface area contributed by atoms with Crippen molar-refractivity contribution in [3.63, 3.8) is 0 Å². The molecule has 1 aromatic carbocycles. The fourth-order valence-electron chi connectivity index (χ4n) is 2.37. The predicted molar refractivity (Wildman–Crippen MR) is 79.9 cm³/mol. The Morgan fingerprint density at radius 3 is 2.60 bits per heavy atom. The zero-order valence-electron chi connectivity index (χ0n) is 11.7. The number of hydrogen-bond acceptors (Lipinski definition) is 4. The van der Waals surface area contributed by atoms with Crippen LogP contribution in [0.2, 0.25) is 0 Å². The topological polar surface area (TPSA) is 76.4 Å². The molecule has 5 heteroatoms. The van der Waals surface area contributed by atoms with E-state index in [2.05, 4.69) is 10.6 Å². The summed E-state index contributed by atoms with van der Waals surface area (Å²) in [6.07, 6.45) is 4.60. The number of anilines is 1. The maximum Gasteiger partial charge on any atom is 0.258 e. The molecule has 1 aromatic rings. The number of carbonyl (C=O) groups excluding carboxylic acids is 1. The Bertz CT molecular complexity index is 414. The molecule has 0 radical (unpaired) electrons. The molecule has 110 valence electrons. The summed E-state index contributed by atoms with van der Waals surface area (Å²) in [5, 5.41) is 6.17. The number of ether oxygens (including phenoxy) is 1. The first-order valence-electron chi connectivity index (χ1n) is 7.24. The summed E-state index contributed by atoms with van der Waals surface area (Å²) in [4.78, 5) is 11.7. The van der Waals surface area contributed by atoms with E-state index in [0.29, 0.717) is 18.3 Å². The highest BCUT2D eigenvalue weighted by molar-refractivity contribution is 5.77. The Kier molecular flexibility index (Phi) is 5.68. The third kappa shape index (κ3) is 4.74. The van der Waals surface area contributed by atoms with Crippen LogP contribution in [0.1, 0.15) is 25.7 Å². The van der Waals surface area contributed by atoms with Crippen molar-refractivity contribution in [3.8, 4) is 5.75 Å². The second-order valence-corrected chi connectivity index (χ2v) is 5.08. The molecule has 0 bridgehead atoms. The smallest absolute Gasteiger partial charge is 0.258 e. The molecule has 5 nitrogen and oxygen atoms in total. The zero-order chi connectivity index (χ0) is 14.2. The van der Waals surface area contributed by atoms with Gasteiger partial charge in [0, 0.05) is 24.8 Å². The first-order valence-corrected chi connectivity index (χ1v) is 7.24. The lowest BCUT2D eigenvalue weighted by Crippen LogP contribution is -2.36. The van der Waals surface area contributed by atoms with Gasteiger partial charge in [0.15, 0.2) is 6.61 Å². The first-order chi connectivity index (χ1) is 9.78. The molecule has 0 aromatic heterocycles. The number of amides is 1. The van der Waals surface area contributed by atoms with Gasteiger partial charge in [0.05, 0.1) is 0 Å². The summed E-state index contributed by atoms with van der Waals surface area (Å²) >= 11 is 0. The van der Waals surface area contributed by atoms with Crippen LogP contribution in [0, 0.1) is 0 Å². The molecule has 1 saturated carbocycles. The minimum Gasteiger partial charge on any atom is -0.484 e. The molecule has 1 aliphatic carbocycles. The van der Waals surface area contributed by atoms with Crippen molar-refractivity contribution in [3.05, 3.63) is 24.3 Å². The molecule has 20 heavy (non-hydrogen) atoms. The van der Waals surface area contributed by atoms with E-state index < -0.39 is 0 Å². The fourth-order valence-corrected chi connectivity index (χ4v) is 2.37. The zero-order valence-corrected chi connectivity index (χ0v) is 11.7. The molecule has 1 fully saturated rings. The van der Waals surface area contributed by atoms with Gasteiger partial charge in [0.1, 0.15) is 5.75 Å². The molecule has 0 aliphatic heterocycles. The lowest BCUT2D eigenvalue weighted by atomic mass is 10.2. The van der Waals surface area contributed by atoms with E-state index >= 15 is 0 Å². The SMILES string of the molecule is NCCNc1ccc(OCC(=O)NC2CCCC2)cc1. The normalized spacial score (nSPS) is 15.1. The van der Waals surface area contributed by atoms with Gasteiger partial charge in [-0.05, 0) is 37.1 Å². The highest BCUT2D eigenvalue weighted by Crippen LogP contribution is 2.18. The van der Waals surface area contributed by atoms with Crippen molar-refractivity contribution in [1.82, 2.24) is 5.32 Å². The quantitative estimate of drug-likeness (QED) is 0.706. The molecule has 0 saturated heterocycles. The van der Waals surface area contributed by atoms with Crippen LogP contribution in [0.25, 0.3) is 0 Å². The van der Waals surface area contributed by atoms with Gasteiger partial charge in [-0.2, -0.15) is 0 Å². The van der Waals surface area contributed by atoms with Crippen LogP contribution in [-0.4, -0.2) is 31.6 Å². The summed E-state index contributed by atoms with van der Waals surface area (Å²) in [6, 6.07) is 7.87. The van der Waals surface area contributed by atoms with E-state index in [1.54, 1.807) is 0 Å². The van der Waals surface area contributed by atoms with E-state index in [9.17, 15) is 4.79 Å². The molecule has 0 heterocycles. The van der Waals surface area contributed by atoms with Crippen molar-refractivity contribution in [2.45, 2.75) is 31.7 Å². The molecular formula is C15H23N3O2. The van der Waals surface area contributed by atoms with Crippen LogP contribution in [0.5, 0.6) is 5.75 Å². The van der Waals surface area contributed by atoms with Crippen molar-refractivity contribution < 1.29 is 9.53 Å². The number of rotatable bonds is 7. The summed E-state index contributed by atoms with van der Waals surface area (Å²) < 4.78 is 5.47. The number of hydrogen-bond donors (Lipinski definition) is 3. The fraction of sp³-hybridized carbons (Fsp3) is 0.533. The van der Waals surface area contributed by atoms with Crippen LogP contribution in [0.15, 0.2) is 24.3 Å². The number of nitrogens with two attached hydrogens (primary N) is 1. The average Bonchev–Trinajstić information content (AvgIpc) is 2.97. The van der Waals surface area contributed by atoms with Crippen molar-refractivity contribution >= 4 is 11.6 Å². The van der Waals surface area contributed by atoms with Gasteiger partial charge in [-0.15, -0.1) is 0 Å². The molecular weight excluding hydrogens is 254 g/mol. The van der Waals surface area contributed by atoms with Crippen LogP contribution < -0.4 is 21.1 Å². The van der Waals surface area contributed by atoms with Gasteiger partial charge in [0.25, 0.3) is 5.91 Å². The van der Waals surface area contributed by atoms with Gasteiger partial charge >= 0.3 is 0 Å². The molecule has 0 spiro atoms. The molecule has 2 rings (SSSR count). The van der Waals surface area contributed by atoms with Crippen LogP contribution >= 0.6 is 0 Å². The summed E-state index contributed by atoms with van der Waals surface area (Å²) in [5.41, 5.74) is 6.42.